The third-order valence-electron chi connectivity index (χ3n) is 3.65. The normalized spacial score (nSPS) is 18.9. The van der Waals surface area contributed by atoms with Crippen molar-refractivity contribution in [3.63, 3.8) is 0 Å². The van der Waals surface area contributed by atoms with Gasteiger partial charge in [0.1, 0.15) is 5.82 Å². The number of aliphatic hydroxyl groups excluding tert-OH is 1. The Labute approximate surface area is 107 Å². The smallest absolute Gasteiger partial charge is 0.136 e. The van der Waals surface area contributed by atoms with Crippen LogP contribution in [0.4, 0.5) is 0 Å². The van der Waals surface area contributed by atoms with Crippen molar-refractivity contribution in [2.45, 2.75) is 32.3 Å². The predicted molar refractivity (Wildman–Crippen MR) is 69.4 cm³/mol. The van der Waals surface area contributed by atoms with E-state index in [4.69, 9.17) is 0 Å². The highest BCUT2D eigenvalue weighted by Gasteiger charge is 2.29. The number of aromatic nitrogens is 2. The summed E-state index contributed by atoms with van der Waals surface area (Å²) in [5, 5.41) is 9.58. The third kappa shape index (κ3) is 1.71. The summed E-state index contributed by atoms with van der Waals surface area (Å²) in [4.78, 5) is 8.95. The molecule has 0 amide bonds. The molecule has 1 unspecified atom stereocenters. The molecule has 1 heterocycles. The molecule has 0 bridgehead atoms. The SMILES string of the molecule is Cc1nc(C2Cc3ccccc32)ncc1[C@H](C)O. The van der Waals surface area contributed by atoms with Gasteiger partial charge in [0.2, 0.25) is 0 Å². The predicted octanol–water partition coefficient (Wildman–Crippen LogP) is 2.53. The molecule has 3 rings (SSSR count). The van der Waals surface area contributed by atoms with Gasteiger partial charge >= 0.3 is 0 Å². The zero-order chi connectivity index (χ0) is 12.7. The van der Waals surface area contributed by atoms with Gasteiger partial charge in [-0.3, -0.25) is 0 Å². The molecule has 1 aromatic carbocycles. The fourth-order valence-corrected chi connectivity index (χ4v) is 2.56. The zero-order valence-electron chi connectivity index (χ0n) is 10.6. The van der Waals surface area contributed by atoms with Crippen molar-refractivity contribution < 1.29 is 5.11 Å². The molecule has 2 atom stereocenters. The second-order valence-corrected chi connectivity index (χ2v) is 4.90. The Kier molecular flexibility index (Phi) is 2.63. The number of nitrogens with zero attached hydrogens (tertiary/aromatic N) is 2. The lowest BCUT2D eigenvalue weighted by molar-refractivity contribution is 0.197. The first kappa shape index (κ1) is 11.4. The molecular weight excluding hydrogens is 224 g/mol. The summed E-state index contributed by atoms with van der Waals surface area (Å²) in [6, 6.07) is 8.42. The van der Waals surface area contributed by atoms with Crippen LogP contribution in [0.15, 0.2) is 30.5 Å². The Morgan fingerprint density at radius 1 is 1.33 bits per heavy atom. The van der Waals surface area contributed by atoms with E-state index in [1.807, 2.05) is 6.92 Å². The van der Waals surface area contributed by atoms with Gasteiger partial charge in [0.25, 0.3) is 0 Å². The Morgan fingerprint density at radius 2 is 2.11 bits per heavy atom. The van der Waals surface area contributed by atoms with Gasteiger partial charge in [-0.1, -0.05) is 24.3 Å². The topological polar surface area (TPSA) is 46.0 Å². The molecule has 1 aliphatic carbocycles. The molecule has 0 aliphatic heterocycles. The monoisotopic (exact) mass is 240 g/mol. The number of hydrogen-bond donors (Lipinski definition) is 1. The van der Waals surface area contributed by atoms with Crippen molar-refractivity contribution in [2.24, 2.45) is 0 Å². The minimum atomic E-state index is -0.507. The Morgan fingerprint density at radius 3 is 2.78 bits per heavy atom. The van der Waals surface area contributed by atoms with E-state index >= 15 is 0 Å². The van der Waals surface area contributed by atoms with Crippen molar-refractivity contribution in [1.82, 2.24) is 9.97 Å². The van der Waals surface area contributed by atoms with E-state index in [9.17, 15) is 5.11 Å². The summed E-state index contributed by atoms with van der Waals surface area (Å²) in [5.74, 6) is 1.19. The first-order valence-electron chi connectivity index (χ1n) is 6.26. The second kappa shape index (κ2) is 4.18. The lowest BCUT2D eigenvalue weighted by Crippen LogP contribution is -2.21. The molecule has 0 fully saturated rings. The van der Waals surface area contributed by atoms with Crippen LogP contribution in [-0.4, -0.2) is 15.1 Å². The molecule has 1 N–H and O–H groups in total. The Bertz CT molecular complexity index is 593. The van der Waals surface area contributed by atoms with Crippen molar-refractivity contribution in [1.29, 1.82) is 0 Å². The minimum Gasteiger partial charge on any atom is -0.389 e. The van der Waals surface area contributed by atoms with E-state index in [1.54, 1.807) is 13.1 Å². The van der Waals surface area contributed by atoms with Crippen LogP contribution in [0.5, 0.6) is 0 Å². The molecule has 1 aliphatic rings. The molecule has 92 valence electrons. The van der Waals surface area contributed by atoms with Crippen molar-refractivity contribution >= 4 is 0 Å². The number of aryl methyl sites for hydroxylation is 1. The largest absolute Gasteiger partial charge is 0.389 e. The summed E-state index contributed by atoms with van der Waals surface area (Å²) < 4.78 is 0. The molecule has 1 aromatic heterocycles. The van der Waals surface area contributed by atoms with Crippen molar-refractivity contribution in [2.75, 3.05) is 0 Å². The molecule has 0 radical (unpaired) electrons. The van der Waals surface area contributed by atoms with Crippen LogP contribution >= 0.6 is 0 Å². The highest BCUT2D eigenvalue weighted by atomic mass is 16.3. The van der Waals surface area contributed by atoms with Crippen LogP contribution in [0, 0.1) is 6.92 Å². The van der Waals surface area contributed by atoms with Crippen LogP contribution in [0.3, 0.4) is 0 Å². The number of fused-ring (bicyclic) bond motifs is 1. The van der Waals surface area contributed by atoms with Crippen LogP contribution in [0.2, 0.25) is 0 Å². The lowest BCUT2D eigenvalue weighted by atomic mass is 9.77. The highest BCUT2D eigenvalue weighted by molar-refractivity contribution is 5.44. The standard InChI is InChI=1S/C15H16N2O/c1-9-14(10(2)18)8-16-15(17-9)13-7-11-5-3-4-6-12(11)13/h3-6,8,10,13,18H,7H2,1-2H3/t10-,13?/m0/s1. The number of hydrogen-bond acceptors (Lipinski definition) is 3. The Balaban J connectivity index is 1.94. The maximum Gasteiger partial charge on any atom is 0.136 e. The van der Waals surface area contributed by atoms with Gasteiger partial charge in [-0.25, -0.2) is 9.97 Å². The molecule has 2 aromatic rings. The van der Waals surface area contributed by atoms with Gasteiger partial charge in [0, 0.05) is 23.4 Å². The fourth-order valence-electron chi connectivity index (χ4n) is 2.56. The first-order chi connectivity index (χ1) is 8.66. The van der Waals surface area contributed by atoms with Gasteiger partial charge in [0.05, 0.1) is 6.10 Å². The van der Waals surface area contributed by atoms with E-state index in [-0.39, 0.29) is 0 Å². The number of aliphatic hydroxyl groups is 1. The summed E-state index contributed by atoms with van der Waals surface area (Å²) in [6.07, 6.45) is 2.26. The maximum atomic E-state index is 9.58. The number of benzene rings is 1. The molecule has 3 heteroatoms. The van der Waals surface area contributed by atoms with Gasteiger partial charge in [-0.15, -0.1) is 0 Å². The van der Waals surface area contributed by atoms with Gasteiger partial charge < -0.3 is 5.11 Å². The molecule has 0 spiro atoms. The zero-order valence-corrected chi connectivity index (χ0v) is 10.6. The second-order valence-electron chi connectivity index (χ2n) is 4.90. The number of rotatable bonds is 2. The van der Waals surface area contributed by atoms with Gasteiger partial charge in [-0.05, 0) is 31.4 Å². The molecule has 3 nitrogen and oxygen atoms in total. The maximum absolute atomic E-state index is 9.58. The van der Waals surface area contributed by atoms with Crippen LogP contribution in [0.1, 0.15) is 47.2 Å². The molecule has 0 saturated carbocycles. The molecule has 0 saturated heterocycles. The van der Waals surface area contributed by atoms with Crippen molar-refractivity contribution in [3.05, 3.63) is 58.7 Å². The van der Waals surface area contributed by atoms with Crippen molar-refractivity contribution in [3.8, 4) is 0 Å². The molecular formula is C15H16N2O. The van der Waals surface area contributed by atoms with Crippen LogP contribution < -0.4 is 0 Å². The van der Waals surface area contributed by atoms with E-state index in [1.165, 1.54) is 11.1 Å². The minimum absolute atomic E-state index is 0.322. The highest BCUT2D eigenvalue weighted by Crippen LogP contribution is 2.38. The van der Waals surface area contributed by atoms with Gasteiger partial charge in [0.15, 0.2) is 0 Å². The average Bonchev–Trinajstić information content (AvgIpc) is 2.30. The van der Waals surface area contributed by atoms with E-state index in [0.717, 1.165) is 23.5 Å². The summed E-state index contributed by atoms with van der Waals surface area (Å²) >= 11 is 0. The Hall–Kier alpha value is -1.74. The first-order valence-corrected chi connectivity index (χ1v) is 6.26. The van der Waals surface area contributed by atoms with Crippen LogP contribution in [0.25, 0.3) is 0 Å². The van der Waals surface area contributed by atoms with E-state index in [2.05, 4.69) is 34.2 Å². The summed E-state index contributed by atoms with van der Waals surface area (Å²) in [5.41, 5.74) is 4.41. The summed E-state index contributed by atoms with van der Waals surface area (Å²) in [6.45, 7) is 3.67. The van der Waals surface area contributed by atoms with Crippen LogP contribution in [-0.2, 0) is 6.42 Å². The van der Waals surface area contributed by atoms with E-state index < -0.39 is 6.10 Å². The van der Waals surface area contributed by atoms with E-state index in [0.29, 0.717) is 5.92 Å². The summed E-state index contributed by atoms with van der Waals surface area (Å²) in [7, 11) is 0. The van der Waals surface area contributed by atoms with Gasteiger partial charge in [-0.2, -0.15) is 0 Å². The average molecular weight is 240 g/mol. The molecule has 18 heavy (non-hydrogen) atoms. The lowest BCUT2D eigenvalue weighted by Gasteiger charge is -2.29. The quantitative estimate of drug-likeness (QED) is 0.877. The third-order valence-corrected chi connectivity index (χ3v) is 3.65. The fraction of sp³-hybridized carbons (Fsp3) is 0.333.